The van der Waals surface area contributed by atoms with Crippen LogP contribution in [0.5, 0.6) is 11.5 Å². The molecule has 0 saturated heterocycles. The number of para-hydroxylation sites is 2. The third-order valence-corrected chi connectivity index (χ3v) is 1.89. The van der Waals surface area contributed by atoms with Crippen LogP contribution in [0.2, 0.25) is 0 Å². The Morgan fingerprint density at radius 2 is 2.06 bits per heavy atom. The molecule has 0 saturated carbocycles. The Morgan fingerprint density at radius 3 is 2.69 bits per heavy atom. The Labute approximate surface area is 94.5 Å². The minimum Gasteiger partial charge on any atom is -0.493 e. The van der Waals surface area contributed by atoms with Crippen LogP contribution < -0.4 is 20.5 Å². The number of hydrogen-bond acceptors (Lipinski definition) is 4. The van der Waals surface area contributed by atoms with Gasteiger partial charge in [-0.25, -0.2) is 0 Å². The summed E-state index contributed by atoms with van der Waals surface area (Å²) in [6.07, 6.45) is 0. The number of benzene rings is 1. The van der Waals surface area contributed by atoms with E-state index in [4.69, 9.17) is 15.2 Å². The molecule has 0 unspecified atom stereocenters. The molecule has 16 heavy (non-hydrogen) atoms. The smallest absolute Gasteiger partial charge is 0.257 e. The molecule has 0 atom stereocenters. The van der Waals surface area contributed by atoms with Gasteiger partial charge in [-0.05, 0) is 12.1 Å². The number of carbonyl (C=O) groups is 1. The van der Waals surface area contributed by atoms with E-state index in [1.165, 1.54) is 0 Å². The van der Waals surface area contributed by atoms with Gasteiger partial charge in [0.05, 0.1) is 7.11 Å². The molecule has 88 valence electrons. The number of ether oxygens (including phenoxy) is 2. The van der Waals surface area contributed by atoms with Crippen LogP contribution in [0.1, 0.15) is 0 Å². The fourth-order valence-corrected chi connectivity index (χ4v) is 1.14. The van der Waals surface area contributed by atoms with Crippen molar-refractivity contribution in [2.45, 2.75) is 0 Å². The van der Waals surface area contributed by atoms with Crippen LogP contribution in [0.25, 0.3) is 0 Å². The molecule has 0 bridgehead atoms. The van der Waals surface area contributed by atoms with Crippen molar-refractivity contribution in [1.29, 1.82) is 0 Å². The molecule has 0 radical (unpaired) electrons. The van der Waals surface area contributed by atoms with E-state index in [-0.39, 0.29) is 12.5 Å². The zero-order valence-corrected chi connectivity index (χ0v) is 9.23. The standard InChI is InChI=1S/C11H16N2O3/c1-15-9-4-2-3-5-10(9)16-8-11(14)13-7-6-12/h2-5H,6-8,12H2,1H3,(H,13,14). The molecule has 1 amide bonds. The van der Waals surface area contributed by atoms with Crippen molar-refractivity contribution in [1.82, 2.24) is 5.32 Å². The first kappa shape index (κ1) is 12.3. The Bertz CT molecular complexity index is 342. The summed E-state index contributed by atoms with van der Waals surface area (Å²) in [5.41, 5.74) is 5.25. The van der Waals surface area contributed by atoms with Gasteiger partial charge in [-0.1, -0.05) is 12.1 Å². The first-order chi connectivity index (χ1) is 7.77. The average molecular weight is 224 g/mol. The summed E-state index contributed by atoms with van der Waals surface area (Å²) in [7, 11) is 1.55. The minimum atomic E-state index is -0.198. The van der Waals surface area contributed by atoms with Gasteiger partial charge in [0.1, 0.15) is 0 Å². The van der Waals surface area contributed by atoms with Crippen molar-refractivity contribution in [3.8, 4) is 11.5 Å². The van der Waals surface area contributed by atoms with E-state index in [0.717, 1.165) is 0 Å². The maximum Gasteiger partial charge on any atom is 0.257 e. The predicted octanol–water partition coefficient (Wildman–Crippen LogP) is 0.149. The van der Waals surface area contributed by atoms with Gasteiger partial charge in [0, 0.05) is 13.1 Å². The maximum absolute atomic E-state index is 11.2. The second-order valence-corrected chi connectivity index (χ2v) is 3.08. The molecular weight excluding hydrogens is 208 g/mol. The summed E-state index contributed by atoms with van der Waals surface area (Å²) in [5.74, 6) is 0.957. The lowest BCUT2D eigenvalue weighted by Gasteiger charge is -2.09. The van der Waals surface area contributed by atoms with Gasteiger partial charge in [-0.2, -0.15) is 0 Å². The first-order valence-electron chi connectivity index (χ1n) is 5.00. The molecule has 0 aliphatic rings. The Morgan fingerprint density at radius 1 is 1.38 bits per heavy atom. The number of nitrogens with one attached hydrogen (secondary N) is 1. The number of hydrogen-bond donors (Lipinski definition) is 2. The molecule has 0 aliphatic heterocycles. The van der Waals surface area contributed by atoms with Gasteiger partial charge in [-0.3, -0.25) is 4.79 Å². The Balaban J connectivity index is 2.44. The minimum absolute atomic E-state index is 0.0413. The normalized spacial score (nSPS) is 9.62. The molecule has 5 heteroatoms. The van der Waals surface area contributed by atoms with Gasteiger partial charge in [0.15, 0.2) is 18.1 Å². The van der Waals surface area contributed by atoms with Gasteiger partial charge in [0.25, 0.3) is 5.91 Å². The maximum atomic E-state index is 11.2. The number of rotatable bonds is 6. The van der Waals surface area contributed by atoms with Crippen molar-refractivity contribution >= 4 is 5.91 Å². The Kier molecular flexibility index (Phi) is 5.15. The predicted molar refractivity (Wildman–Crippen MR) is 60.6 cm³/mol. The quantitative estimate of drug-likeness (QED) is 0.721. The largest absolute Gasteiger partial charge is 0.493 e. The third-order valence-electron chi connectivity index (χ3n) is 1.89. The molecular formula is C11H16N2O3. The van der Waals surface area contributed by atoms with E-state index in [1.807, 2.05) is 12.1 Å². The highest BCUT2D eigenvalue weighted by Crippen LogP contribution is 2.25. The lowest BCUT2D eigenvalue weighted by Crippen LogP contribution is -2.32. The molecule has 1 aromatic rings. The Hall–Kier alpha value is -1.75. The topological polar surface area (TPSA) is 73.6 Å². The van der Waals surface area contributed by atoms with Crippen molar-refractivity contribution in [2.24, 2.45) is 5.73 Å². The molecule has 0 aromatic heterocycles. The summed E-state index contributed by atoms with van der Waals surface area (Å²) in [6, 6.07) is 7.16. The number of methoxy groups -OCH3 is 1. The van der Waals surface area contributed by atoms with Crippen LogP contribution in [0.3, 0.4) is 0 Å². The van der Waals surface area contributed by atoms with Gasteiger partial charge >= 0.3 is 0 Å². The fraction of sp³-hybridized carbons (Fsp3) is 0.364. The second kappa shape index (κ2) is 6.68. The van der Waals surface area contributed by atoms with E-state index in [9.17, 15) is 4.79 Å². The molecule has 1 rings (SSSR count). The zero-order valence-electron chi connectivity index (χ0n) is 9.23. The first-order valence-corrected chi connectivity index (χ1v) is 5.00. The van der Waals surface area contributed by atoms with Crippen molar-refractivity contribution in [3.05, 3.63) is 24.3 Å². The molecule has 0 aliphatic carbocycles. The van der Waals surface area contributed by atoms with Crippen LogP contribution in [0.4, 0.5) is 0 Å². The summed E-state index contributed by atoms with van der Waals surface area (Å²) in [5, 5.41) is 2.61. The monoisotopic (exact) mass is 224 g/mol. The van der Waals surface area contributed by atoms with Crippen LogP contribution in [-0.2, 0) is 4.79 Å². The number of carbonyl (C=O) groups excluding carboxylic acids is 1. The SMILES string of the molecule is COc1ccccc1OCC(=O)NCCN. The molecule has 0 spiro atoms. The van der Waals surface area contributed by atoms with Crippen molar-refractivity contribution in [3.63, 3.8) is 0 Å². The highest BCUT2D eigenvalue weighted by Gasteiger charge is 2.05. The lowest BCUT2D eigenvalue weighted by atomic mass is 10.3. The van der Waals surface area contributed by atoms with Crippen molar-refractivity contribution in [2.75, 3.05) is 26.8 Å². The van der Waals surface area contributed by atoms with E-state index in [1.54, 1.807) is 19.2 Å². The van der Waals surface area contributed by atoms with Crippen LogP contribution in [-0.4, -0.2) is 32.7 Å². The molecule has 0 heterocycles. The summed E-state index contributed by atoms with van der Waals surface area (Å²) in [4.78, 5) is 11.2. The zero-order chi connectivity index (χ0) is 11.8. The number of nitrogens with two attached hydrogens (primary N) is 1. The summed E-state index contributed by atoms with van der Waals surface area (Å²) in [6.45, 7) is 0.828. The van der Waals surface area contributed by atoms with Gasteiger partial charge in [0.2, 0.25) is 0 Å². The van der Waals surface area contributed by atoms with E-state index in [0.29, 0.717) is 24.6 Å². The summed E-state index contributed by atoms with van der Waals surface area (Å²) >= 11 is 0. The summed E-state index contributed by atoms with van der Waals surface area (Å²) < 4.78 is 10.4. The highest BCUT2D eigenvalue weighted by molar-refractivity contribution is 5.77. The molecule has 1 aromatic carbocycles. The lowest BCUT2D eigenvalue weighted by molar-refractivity contribution is -0.123. The average Bonchev–Trinajstić information content (AvgIpc) is 2.34. The van der Waals surface area contributed by atoms with Gasteiger partial charge in [-0.15, -0.1) is 0 Å². The fourth-order valence-electron chi connectivity index (χ4n) is 1.14. The van der Waals surface area contributed by atoms with E-state index >= 15 is 0 Å². The second-order valence-electron chi connectivity index (χ2n) is 3.08. The molecule has 3 N–H and O–H groups in total. The third kappa shape index (κ3) is 3.78. The van der Waals surface area contributed by atoms with Crippen LogP contribution in [0.15, 0.2) is 24.3 Å². The molecule has 5 nitrogen and oxygen atoms in total. The molecule has 0 fully saturated rings. The van der Waals surface area contributed by atoms with Gasteiger partial charge < -0.3 is 20.5 Å². The highest BCUT2D eigenvalue weighted by atomic mass is 16.5. The van der Waals surface area contributed by atoms with Crippen molar-refractivity contribution < 1.29 is 14.3 Å². The number of amides is 1. The van der Waals surface area contributed by atoms with E-state index < -0.39 is 0 Å². The van der Waals surface area contributed by atoms with E-state index in [2.05, 4.69) is 5.32 Å². The van der Waals surface area contributed by atoms with Crippen LogP contribution in [0, 0.1) is 0 Å². The van der Waals surface area contributed by atoms with Crippen LogP contribution >= 0.6 is 0 Å².